The number of nitrogens with one attached hydrogen (secondary N) is 1. The van der Waals surface area contributed by atoms with Gasteiger partial charge in [0, 0.05) is 28.0 Å². The number of aromatic nitrogens is 1. The van der Waals surface area contributed by atoms with E-state index in [-0.39, 0.29) is 12.5 Å². The summed E-state index contributed by atoms with van der Waals surface area (Å²) in [6.45, 7) is 0.152. The minimum Gasteiger partial charge on any atom is -0.391 e. The van der Waals surface area contributed by atoms with Gasteiger partial charge in [0.15, 0.2) is 0 Å². The molecule has 37 heavy (non-hydrogen) atoms. The van der Waals surface area contributed by atoms with Gasteiger partial charge in [-0.3, -0.25) is 19.4 Å². The number of hydrogen-bond donors (Lipinski definition) is 2. The van der Waals surface area contributed by atoms with Gasteiger partial charge in [-0.2, -0.15) is 0 Å². The molecule has 0 bridgehead atoms. The largest absolute Gasteiger partial charge is 0.391 e. The van der Waals surface area contributed by atoms with Crippen molar-refractivity contribution in [2.75, 3.05) is 0 Å². The lowest BCUT2D eigenvalue weighted by molar-refractivity contribution is -0.138. The van der Waals surface area contributed by atoms with Gasteiger partial charge in [0.1, 0.15) is 0 Å². The maximum Gasteiger partial charge on any atom is 0.255 e. The molecule has 0 radical (unpaired) electrons. The van der Waals surface area contributed by atoms with Gasteiger partial charge in [-0.05, 0) is 59.9 Å². The number of amides is 2. The van der Waals surface area contributed by atoms with Crippen molar-refractivity contribution < 1.29 is 19.5 Å². The summed E-state index contributed by atoms with van der Waals surface area (Å²) in [5.41, 5.74) is 5.03. The molecule has 5 rings (SSSR count). The van der Waals surface area contributed by atoms with Crippen molar-refractivity contribution in [1.29, 1.82) is 0 Å². The molecular weight excluding hydrogens is 513 g/mol. The summed E-state index contributed by atoms with van der Waals surface area (Å²) in [5, 5.41) is 11.8. The van der Waals surface area contributed by atoms with Crippen LogP contribution in [0.2, 0.25) is 10.0 Å². The van der Waals surface area contributed by atoms with Crippen LogP contribution >= 0.6 is 23.2 Å². The second-order valence-electron chi connectivity index (χ2n) is 9.42. The summed E-state index contributed by atoms with van der Waals surface area (Å²) in [4.78, 5) is 39.0. The van der Waals surface area contributed by atoms with Crippen LogP contribution in [-0.2, 0) is 16.2 Å². The standard InChI is InChI=1S/C28H27Cl2N3O4/c29-18-9-10-21(22(30)15-18)26-25(27(35)32-37-16-17-11-13-31-14-12-17)19-5-1-2-6-20(19)28(36)33(26)23-7-3-4-8-24(23)34/h1-2,5-6,9-15,23-26,34H,3-4,7-8,16H2,(H,32,35)/t23-,24-,25+,26-/m0/s1. The Bertz CT molecular complexity index is 1290. The highest BCUT2D eigenvalue weighted by atomic mass is 35.5. The van der Waals surface area contributed by atoms with Gasteiger partial charge in [0.25, 0.3) is 11.8 Å². The molecule has 2 heterocycles. The van der Waals surface area contributed by atoms with Crippen molar-refractivity contribution in [3.63, 3.8) is 0 Å². The van der Waals surface area contributed by atoms with E-state index < -0.39 is 30.0 Å². The van der Waals surface area contributed by atoms with Crippen LogP contribution < -0.4 is 5.48 Å². The van der Waals surface area contributed by atoms with E-state index in [4.69, 9.17) is 28.0 Å². The molecule has 0 unspecified atom stereocenters. The zero-order chi connectivity index (χ0) is 25.9. The van der Waals surface area contributed by atoms with Crippen molar-refractivity contribution in [3.8, 4) is 0 Å². The molecule has 2 aromatic carbocycles. The van der Waals surface area contributed by atoms with Gasteiger partial charge in [-0.1, -0.05) is 60.3 Å². The van der Waals surface area contributed by atoms with Crippen molar-refractivity contribution >= 4 is 35.0 Å². The average Bonchev–Trinajstić information content (AvgIpc) is 2.90. The Hall–Kier alpha value is -2.97. The van der Waals surface area contributed by atoms with Crippen molar-refractivity contribution in [3.05, 3.63) is 99.3 Å². The third kappa shape index (κ3) is 5.22. The maximum absolute atomic E-state index is 14.0. The molecule has 7 nitrogen and oxygen atoms in total. The molecule has 192 valence electrons. The Kier molecular flexibility index (Phi) is 7.76. The first-order chi connectivity index (χ1) is 18.0. The third-order valence-corrected chi connectivity index (χ3v) is 7.71. The first-order valence-corrected chi connectivity index (χ1v) is 13.1. The minimum atomic E-state index is -0.834. The normalized spacial score (nSPS) is 23.4. The molecule has 2 amide bonds. The SMILES string of the molecule is O=C(NOCc1ccncc1)[C@@H]1c2ccccc2C(=O)N([C@H]2CCCC[C@@H]2O)[C@H]1c1ccc(Cl)cc1Cl. The molecule has 2 N–H and O–H groups in total. The van der Waals surface area contributed by atoms with E-state index in [0.29, 0.717) is 39.6 Å². The zero-order valence-corrected chi connectivity index (χ0v) is 21.5. The number of fused-ring (bicyclic) bond motifs is 1. The summed E-state index contributed by atoms with van der Waals surface area (Å²) < 4.78 is 0. The number of nitrogens with zero attached hydrogens (tertiary/aromatic N) is 2. The van der Waals surface area contributed by atoms with Crippen LogP contribution in [0.5, 0.6) is 0 Å². The van der Waals surface area contributed by atoms with E-state index in [1.165, 1.54) is 0 Å². The highest BCUT2D eigenvalue weighted by Crippen LogP contribution is 2.47. The van der Waals surface area contributed by atoms with Crippen LogP contribution in [0.3, 0.4) is 0 Å². The second kappa shape index (κ2) is 11.2. The lowest BCUT2D eigenvalue weighted by Crippen LogP contribution is -2.55. The lowest BCUT2D eigenvalue weighted by atomic mass is 9.77. The highest BCUT2D eigenvalue weighted by molar-refractivity contribution is 6.35. The Morgan fingerprint density at radius 2 is 1.81 bits per heavy atom. The number of halogens is 2. The predicted octanol–water partition coefficient (Wildman–Crippen LogP) is 5.22. The van der Waals surface area contributed by atoms with Crippen LogP contribution in [0.4, 0.5) is 0 Å². The number of aliphatic hydroxyl groups excluding tert-OH is 1. The summed E-state index contributed by atoms with van der Waals surface area (Å²) in [7, 11) is 0. The molecule has 1 saturated carbocycles. The number of hydroxylamine groups is 1. The van der Waals surface area contributed by atoms with E-state index in [2.05, 4.69) is 10.5 Å². The van der Waals surface area contributed by atoms with E-state index in [1.807, 2.05) is 0 Å². The monoisotopic (exact) mass is 539 g/mol. The number of aliphatic hydroxyl groups is 1. The smallest absolute Gasteiger partial charge is 0.255 e. The molecular formula is C28H27Cl2N3O4. The zero-order valence-electron chi connectivity index (χ0n) is 20.0. The first kappa shape index (κ1) is 25.7. The third-order valence-electron chi connectivity index (χ3n) is 7.15. The number of hydrogen-bond acceptors (Lipinski definition) is 5. The Labute approximate surface area is 225 Å². The van der Waals surface area contributed by atoms with Crippen LogP contribution in [0.25, 0.3) is 0 Å². The topological polar surface area (TPSA) is 91.8 Å². The summed E-state index contributed by atoms with van der Waals surface area (Å²) in [6, 6.07) is 14.5. The molecule has 1 aliphatic carbocycles. The summed E-state index contributed by atoms with van der Waals surface area (Å²) in [5.74, 6) is -1.49. The summed E-state index contributed by atoms with van der Waals surface area (Å²) in [6.07, 6.45) is 5.57. The quantitative estimate of drug-likeness (QED) is 0.419. The molecule has 1 fully saturated rings. The number of carbonyl (C=O) groups is 2. The van der Waals surface area contributed by atoms with Crippen LogP contribution in [0.15, 0.2) is 67.0 Å². The maximum atomic E-state index is 14.0. The molecule has 9 heteroatoms. The van der Waals surface area contributed by atoms with E-state index in [1.54, 1.807) is 71.9 Å². The molecule has 2 aliphatic rings. The van der Waals surface area contributed by atoms with Crippen LogP contribution in [0.1, 0.15) is 64.7 Å². The minimum absolute atomic E-state index is 0.152. The predicted molar refractivity (Wildman–Crippen MR) is 140 cm³/mol. The van der Waals surface area contributed by atoms with Gasteiger partial charge in [-0.25, -0.2) is 5.48 Å². The van der Waals surface area contributed by atoms with Crippen molar-refractivity contribution in [1.82, 2.24) is 15.4 Å². The van der Waals surface area contributed by atoms with Crippen LogP contribution in [0, 0.1) is 0 Å². The molecule has 1 aliphatic heterocycles. The van der Waals surface area contributed by atoms with E-state index in [0.717, 1.165) is 18.4 Å². The van der Waals surface area contributed by atoms with Gasteiger partial charge in [0.2, 0.25) is 0 Å². The lowest BCUT2D eigenvalue weighted by Gasteiger charge is -2.48. The fraction of sp³-hybridized carbons (Fsp3) is 0.321. The second-order valence-corrected chi connectivity index (χ2v) is 10.3. The number of benzene rings is 2. The Morgan fingerprint density at radius 1 is 1.05 bits per heavy atom. The summed E-state index contributed by atoms with van der Waals surface area (Å²) >= 11 is 12.9. The molecule has 0 saturated heterocycles. The Morgan fingerprint density at radius 3 is 2.57 bits per heavy atom. The molecule has 4 atom stereocenters. The highest BCUT2D eigenvalue weighted by Gasteiger charge is 2.49. The Balaban J connectivity index is 1.57. The van der Waals surface area contributed by atoms with Crippen molar-refractivity contribution in [2.45, 2.75) is 56.4 Å². The van der Waals surface area contributed by atoms with E-state index in [9.17, 15) is 14.7 Å². The average molecular weight is 540 g/mol. The molecule has 0 spiro atoms. The first-order valence-electron chi connectivity index (χ1n) is 12.3. The number of pyridine rings is 1. The fourth-order valence-corrected chi connectivity index (χ4v) is 5.94. The van der Waals surface area contributed by atoms with Gasteiger partial charge >= 0.3 is 0 Å². The molecule has 3 aromatic rings. The van der Waals surface area contributed by atoms with Gasteiger partial charge in [0.05, 0.1) is 30.7 Å². The number of carbonyl (C=O) groups excluding carboxylic acids is 2. The van der Waals surface area contributed by atoms with E-state index >= 15 is 0 Å². The van der Waals surface area contributed by atoms with Gasteiger partial charge < -0.3 is 10.0 Å². The number of rotatable bonds is 6. The van der Waals surface area contributed by atoms with Gasteiger partial charge in [-0.15, -0.1) is 0 Å². The fourth-order valence-electron chi connectivity index (χ4n) is 5.42. The van der Waals surface area contributed by atoms with Crippen molar-refractivity contribution in [2.24, 2.45) is 0 Å². The van der Waals surface area contributed by atoms with Crippen LogP contribution in [-0.4, -0.2) is 39.0 Å². The molecule has 1 aromatic heterocycles.